The van der Waals surface area contributed by atoms with E-state index in [0.717, 1.165) is 0 Å². The maximum Gasteiger partial charge on any atom is 0.247 e. The molecule has 0 saturated carbocycles. The Bertz CT molecular complexity index is 382. The van der Waals surface area contributed by atoms with E-state index in [9.17, 15) is 9.90 Å². The molecule has 5 heteroatoms. The number of aliphatic hydroxyl groups is 1. The molecule has 0 aliphatic heterocycles. The number of nitrogens with one attached hydrogen (secondary N) is 1. The molecule has 1 rings (SSSR count). The first-order valence-electron chi connectivity index (χ1n) is 6.40. The zero-order valence-corrected chi connectivity index (χ0v) is 11.7. The summed E-state index contributed by atoms with van der Waals surface area (Å²) in [6, 6.07) is 9.37. The van der Waals surface area contributed by atoms with Crippen LogP contribution < -0.4 is 10.4 Å². The summed E-state index contributed by atoms with van der Waals surface area (Å²) in [5.74, 6) is -0.227. The Balaban J connectivity index is 2.49. The summed E-state index contributed by atoms with van der Waals surface area (Å²) < 4.78 is 0. The molecule has 2 N–H and O–H groups in total. The molecular formula is C14H22N2O3. The molecule has 0 spiro atoms. The molecule has 106 valence electrons. The minimum atomic E-state index is -0.659. The van der Waals surface area contributed by atoms with Crippen molar-refractivity contribution in [1.82, 2.24) is 5.32 Å². The minimum Gasteiger partial charge on any atom is -0.389 e. The van der Waals surface area contributed by atoms with Crippen LogP contribution in [0, 0.1) is 0 Å². The molecule has 0 fully saturated rings. The Morgan fingerprint density at radius 3 is 2.53 bits per heavy atom. The molecule has 1 unspecified atom stereocenters. The van der Waals surface area contributed by atoms with Crippen molar-refractivity contribution in [3.05, 3.63) is 30.3 Å². The summed E-state index contributed by atoms with van der Waals surface area (Å²) in [6.07, 6.45) is -0.659. The molecule has 5 nitrogen and oxygen atoms in total. The summed E-state index contributed by atoms with van der Waals surface area (Å²) in [5.41, 5.74) is 0.652. The van der Waals surface area contributed by atoms with Crippen molar-refractivity contribution in [1.29, 1.82) is 0 Å². The molecule has 0 saturated heterocycles. The van der Waals surface area contributed by atoms with Crippen LogP contribution in [0.15, 0.2) is 30.3 Å². The molecule has 0 radical (unpaired) electrons. The fourth-order valence-corrected chi connectivity index (χ4v) is 1.50. The van der Waals surface area contributed by atoms with Crippen molar-refractivity contribution < 1.29 is 14.7 Å². The van der Waals surface area contributed by atoms with Gasteiger partial charge in [-0.15, -0.1) is 0 Å². The maximum atomic E-state index is 11.5. The second kappa shape index (κ2) is 7.89. The van der Waals surface area contributed by atoms with Crippen molar-refractivity contribution in [2.75, 3.05) is 18.2 Å². The number of benzene rings is 1. The molecule has 1 amide bonds. The van der Waals surface area contributed by atoms with Gasteiger partial charge in [0.15, 0.2) is 0 Å². The molecule has 0 aromatic heterocycles. The smallest absolute Gasteiger partial charge is 0.247 e. The monoisotopic (exact) mass is 266 g/mol. The number of para-hydroxylation sites is 1. The van der Waals surface area contributed by atoms with Crippen LogP contribution in [-0.2, 0) is 9.63 Å². The van der Waals surface area contributed by atoms with Crippen LogP contribution in [0.5, 0.6) is 0 Å². The molecule has 1 aromatic carbocycles. The lowest BCUT2D eigenvalue weighted by atomic mass is 10.3. The van der Waals surface area contributed by atoms with Gasteiger partial charge in [0.05, 0.1) is 11.8 Å². The van der Waals surface area contributed by atoms with E-state index in [4.69, 9.17) is 4.84 Å². The van der Waals surface area contributed by atoms with Gasteiger partial charge >= 0.3 is 0 Å². The normalized spacial score (nSPS) is 12.5. The highest BCUT2D eigenvalue weighted by Crippen LogP contribution is 2.13. The standard InChI is InChI=1S/C14H22N2O3/c1-11(2)15-9-14(18)10-19-16(12(3)17)13-7-5-4-6-8-13/h4-8,11,14-15,18H,9-10H2,1-3H3. The van der Waals surface area contributed by atoms with E-state index >= 15 is 0 Å². The van der Waals surface area contributed by atoms with Crippen molar-refractivity contribution >= 4 is 11.6 Å². The first-order valence-corrected chi connectivity index (χ1v) is 6.40. The van der Waals surface area contributed by atoms with Gasteiger partial charge in [0.1, 0.15) is 6.61 Å². The van der Waals surface area contributed by atoms with Crippen LogP contribution in [0.2, 0.25) is 0 Å². The average molecular weight is 266 g/mol. The lowest BCUT2D eigenvalue weighted by Crippen LogP contribution is -2.38. The van der Waals surface area contributed by atoms with Gasteiger partial charge in [0.2, 0.25) is 5.91 Å². The van der Waals surface area contributed by atoms with E-state index in [1.165, 1.54) is 12.0 Å². The Kier molecular flexibility index (Phi) is 6.49. The van der Waals surface area contributed by atoms with Gasteiger partial charge in [-0.05, 0) is 12.1 Å². The van der Waals surface area contributed by atoms with E-state index < -0.39 is 6.10 Å². The maximum absolute atomic E-state index is 11.5. The summed E-state index contributed by atoms with van der Waals surface area (Å²) >= 11 is 0. The van der Waals surface area contributed by atoms with Gasteiger partial charge in [-0.3, -0.25) is 9.63 Å². The second-order valence-corrected chi connectivity index (χ2v) is 4.66. The van der Waals surface area contributed by atoms with Crippen LogP contribution >= 0.6 is 0 Å². The van der Waals surface area contributed by atoms with Crippen LogP contribution in [-0.4, -0.2) is 36.3 Å². The van der Waals surface area contributed by atoms with Gasteiger partial charge in [0.25, 0.3) is 0 Å². The fraction of sp³-hybridized carbons (Fsp3) is 0.500. The quantitative estimate of drug-likeness (QED) is 0.731. The molecule has 0 heterocycles. The number of rotatable bonds is 7. The van der Waals surface area contributed by atoms with Crippen molar-refractivity contribution in [2.45, 2.75) is 32.9 Å². The molecular weight excluding hydrogens is 244 g/mol. The SMILES string of the molecule is CC(=O)N(OCC(O)CNC(C)C)c1ccccc1. The van der Waals surface area contributed by atoms with E-state index in [1.807, 2.05) is 32.0 Å². The minimum absolute atomic E-state index is 0.0637. The van der Waals surface area contributed by atoms with Crippen LogP contribution in [0.3, 0.4) is 0 Å². The summed E-state index contributed by atoms with van der Waals surface area (Å²) in [7, 11) is 0. The lowest BCUT2D eigenvalue weighted by Gasteiger charge is -2.22. The molecule has 0 aliphatic carbocycles. The number of hydroxylamine groups is 1. The molecule has 1 atom stereocenters. The van der Waals surface area contributed by atoms with E-state index in [-0.39, 0.29) is 12.5 Å². The zero-order valence-electron chi connectivity index (χ0n) is 11.7. The topological polar surface area (TPSA) is 61.8 Å². The van der Waals surface area contributed by atoms with E-state index in [2.05, 4.69) is 5.32 Å². The molecule has 19 heavy (non-hydrogen) atoms. The summed E-state index contributed by atoms with van der Waals surface area (Å²) in [4.78, 5) is 16.9. The number of carbonyl (C=O) groups excluding carboxylic acids is 1. The Labute approximate surface area is 114 Å². The third kappa shape index (κ3) is 5.83. The lowest BCUT2D eigenvalue weighted by molar-refractivity contribution is -0.125. The number of nitrogens with zero attached hydrogens (tertiary/aromatic N) is 1. The number of carbonyl (C=O) groups is 1. The molecule has 0 bridgehead atoms. The highest BCUT2D eigenvalue weighted by molar-refractivity contribution is 5.89. The van der Waals surface area contributed by atoms with Gasteiger partial charge < -0.3 is 10.4 Å². The van der Waals surface area contributed by atoms with Crippen LogP contribution in [0.1, 0.15) is 20.8 Å². The average Bonchev–Trinajstić information content (AvgIpc) is 2.37. The third-order valence-corrected chi connectivity index (χ3v) is 2.43. The highest BCUT2D eigenvalue weighted by Gasteiger charge is 2.14. The van der Waals surface area contributed by atoms with Crippen molar-refractivity contribution in [3.8, 4) is 0 Å². The van der Waals surface area contributed by atoms with Gasteiger partial charge in [0, 0.05) is 19.5 Å². The number of amides is 1. The fourth-order valence-electron chi connectivity index (χ4n) is 1.50. The van der Waals surface area contributed by atoms with Crippen molar-refractivity contribution in [3.63, 3.8) is 0 Å². The molecule has 0 aliphatic rings. The predicted octanol–water partition coefficient (Wildman–Crippen LogP) is 1.33. The highest BCUT2D eigenvalue weighted by atomic mass is 16.7. The Hall–Kier alpha value is -1.43. The van der Waals surface area contributed by atoms with E-state index in [0.29, 0.717) is 18.3 Å². The Morgan fingerprint density at radius 1 is 1.37 bits per heavy atom. The van der Waals surface area contributed by atoms with Crippen LogP contribution in [0.25, 0.3) is 0 Å². The number of hydrogen-bond donors (Lipinski definition) is 2. The molecule has 1 aromatic rings. The van der Waals surface area contributed by atoms with Gasteiger partial charge in [-0.2, -0.15) is 5.06 Å². The zero-order chi connectivity index (χ0) is 14.3. The summed E-state index contributed by atoms with van der Waals surface area (Å²) in [5, 5.41) is 14.0. The Morgan fingerprint density at radius 2 is 2.00 bits per heavy atom. The first-order chi connectivity index (χ1) is 9.00. The third-order valence-electron chi connectivity index (χ3n) is 2.43. The van der Waals surface area contributed by atoms with E-state index in [1.54, 1.807) is 12.1 Å². The second-order valence-electron chi connectivity index (χ2n) is 4.66. The summed E-state index contributed by atoms with van der Waals surface area (Å²) in [6.45, 7) is 5.91. The number of aliphatic hydroxyl groups excluding tert-OH is 1. The van der Waals surface area contributed by atoms with Crippen molar-refractivity contribution in [2.24, 2.45) is 0 Å². The van der Waals surface area contributed by atoms with Gasteiger partial charge in [-0.1, -0.05) is 32.0 Å². The first kappa shape index (κ1) is 15.6. The number of hydrogen-bond acceptors (Lipinski definition) is 4. The number of anilines is 1. The van der Waals surface area contributed by atoms with Gasteiger partial charge in [-0.25, -0.2) is 0 Å². The largest absolute Gasteiger partial charge is 0.389 e. The van der Waals surface area contributed by atoms with Crippen LogP contribution in [0.4, 0.5) is 5.69 Å². The predicted molar refractivity (Wildman–Crippen MR) is 74.7 cm³/mol.